The molecule has 240 valence electrons. The van der Waals surface area contributed by atoms with E-state index < -0.39 is 5.54 Å². The molecule has 0 saturated carbocycles. The number of fused-ring (bicyclic) bond motifs is 2. The van der Waals surface area contributed by atoms with Gasteiger partial charge in [-0.1, -0.05) is 60.7 Å². The zero-order valence-corrected chi connectivity index (χ0v) is 27.1. The molecular formula is C37H38N6O4. The maximum atomic E-state index is 6.03. The number of aliphatic imine (C=N–C) groups is 1. The van der Waals surface area contributed by atoms with E-state index >= 15 is 0 Å². The van der Waals surface area contributed by atoms with Crippen LogP contribution in [0.1, 0.15) is 34.5 Å². The first-order chi connectivity index (χ1) is 23.1. The molecule has 0 bridgehead atoms. The van der Waals surface area contributed by atoms with E-state index in [0.717, 1.165) is 47.6 Å². The van der Waals surface area contributed by atoms with E-state index in [2.05, 4.69) is 45.9 Å². The van der Waals surface area contributed by atoms with Gasteiger partial charge in [0.2, 0.25) is 0 Å². The van der Waals surface area contributed by atoms with Crippen LogP contribution >= 0.6 is 0 Å². The minimum Gasteiger partial charge on any atom is -0.494 e. The van der Waals surface area contributed by atoms with Crippen molar-refractivity contribution in [3.8, 4) is 11.5 Å². The second kappa shape index (κ2) is 12.8. The number of hydrogen-bond donors (Lipinski definition) is 0. The van der Waals surface area contributed by atoms with Gasteiger partial charge in [-0.2, -0.15) is 0 Å². The first kappa shape index (κ1) is 30.3. The smallest absolute Gasteiger partial charge is 0.183 e. The fraction of sp³-hybridized carbons (Fsp3) is 0.297. The Morgan fingerprint density at radius 2 is 1.49 bits per heavy atom. The third kappa shape index (κ3) is 5.54. The number of hydrogen-bond acceptors (Lipinski definition) is 9. The van der Waals surface area contributed by atoms with Gasteiger partial charge in [-0.05, 0) is 53.6 Å². The van der Waals surface area contributed by atoms with Crippen molar-refractivity contribution in [3.05, 3.63) is 119 Å². The van der Waals surface area contributed by atoms with E-state index in [1.807, 2.05) is 42.7 Å². The van der Waals surface area contributed by atoms with E-state index in [9.17, 15) is 0 Å². The molecule has 2 aromatic heterocycles. The van der Waals surface area contributed by atoms with Crippen molar-refractivity contribution in [2.75, 3.05) is 39.9 Å². The quantitative estimate of drug-likeness (QED) is 0.179. The van der Waals surface area contributed by atoms with E-state index in [1.165, 1.54) is 11.1 Å². The van der Waals surface area contributed by atoms with Crippen LogP contribution < -0.4 is 14.4 Å². The first-order valence-electron chi connectivity index (χ1n) is 15.7. The molecule has 4 heterocycles. The van der Waals surface area contributed by atoms with Gasteiger partial charge < -0.3 is 28.4 Å². The number of aromatic nitrogens is 4. The summed E-state index contributed by atoms with van der Waals surface area (Å²) >= 11 is 0. The zero-order valence-electron chi connectivity index (χ0n) is 27.1. The van der Waals surface area contributed by atoms with Crippen molar-refractivity contribution >= 4 is 23.2 Å². The number of imidazole rings is 1. The highest BCUT2D eigenvalue weighted by molar-refractivity contribution is 5.86. The Balaban J connectivity index is 1.38. The Bertz CT molecular complexity index is 1960. The molecule has 2 aliphatic heterocycles. The molecule has 10 heteroatoms. The predicted molar refractivity (Wildman–Crippen MR) is 181 cm³/mol. The Hall–Kier alpha value is -5.38. The van der Waals surface area contributed by atoms with Gasteiger partial charge in [0, 0.05) is 19.6 Å². The number of anilines is 1. The molecule has 5 aromatic rings. The molecule has 0 fully saturated rings. The molecule has 0 amide bonds. The minimum absolute atomic E-state index is 0.527. The van der Waals surface area contributed by atoms with Crippen LogP contribution in [0.3, 0.4) is 0 Å². The zero-order chi connectivity index (χ0) is 32.4. The highest BCUT2D eigenvalue weighted by Gasteiger charge is 2.46. The van der Waals surface area contributed by atoms with Gasteiger partial charge in [-0.3, -0.25) is 4.99 Å². The van der Waals surface area contributed by atoms with Gasteiger partial charge in [0.25, 0.3) is 0 Å². The van der Waals surface area contributed by atoms with Gasteiger partial charge in [-0.15, -0.1) is 0 Å². The predicted octanol–water partition coefficient (Wildman–Crippen LogP) is 5.87. The summed E-state index contributed by atoms with van der Waals surface area (Å²) in [5.74, 6) is 3.92. The van der Waals surface area contributed by atoms with Crippen LogP contribution in [0.25, 0.3) is 11.2 Å². The summed E-state index contributed by atoms with van der Waals surface area (Å²) in [7, 11) is 6.61. The van der Waals surface area contributed by atoms with Crippen molar-refractivity contribution in [1.82, 2.24) is 19.5 Å². The van der Waals surface area contributed by atoms with Gasteiger partial charge >= 0.3 is 0 Å². The molecule has 0 spiro atoms. The molecule has 3 aromatic carbocycles. The molecule has 0 aliphatic carbocycles. The normalized spacial score (nSPS) is 17.2. The first-order valence-corrected chi connectivity index (χ1v) is 15.7. The fourth-order valence-electron chi connectivity index (χ4n) is 6.65. The van der Waals surface area contributed by atoms with Crippen LogP contribution in [0.2, 0.25) is 0 Å². The highest BCUT2D eigenvalue weighted by Crippen LogP contribution is 2.44. The number of allylic oxidation sites excluding steroid dienone is 1. The summed E-state index contributed by atoms with van der Waals surface area (Å²) in [5.41, 5.74) is 5.23. The van der Waals surface area contributed by atoms with Gasteiger partial charge in [0.1, 0.15) is 5.52 Å². The average molecular weight is 631 g/mol. The van der Waals surface area contributed by atoms with Crippen LogP contribution in [0.15, 0.2) is 95.6 Å². The lowest BCUT2D eigenvalue weighted by molar-refractivity contribution is 0.186. The topological polar surface area (TPSA) is 96.1 Å². The number of methoxy groups -OCH3 is 4. The summed E-state index contributed by atoms with van der Waals surface area (Å²) in [6, 6.07) is 24.9. The van der Waals surface area contributed by atoms with Gasteiger partial charge in [-0.25, -0.2) is 15.0 Å². The standard InChI is InChI=1S/C37H38N6O4/c1-44-29-19-27-16-18-42(23-28(27)20-30(29)45-2)35-32-34(38-24-43(32)22-26-13-9-6-10-14-26)40-36(41-35)37(17-15-25-11-7-5-8-12-25)33(47-4)31(46-3)21-39-37/h5-14,19-21,24H,15-18,22-23H2,1-4H3. The number of nitrogens with zero attached hydrogens (tertiary/aromatic N) is 6. The molecule has 1 atom stereocenters. The summed E-state index contributed by atoms with van der Waals surface area (Å²) in [5, 5.41) is 0. The van der Waals surface area contributed by atoms with Crippen molar-refractivity contribution < 1.29 is 18.9 Å². The lowest BCUT2D eigenvalue weighted by Crippen LogP contribution is -2.34. The Labute approximate surface area is 274 Å². The lowest BCUT2D eigenvalue weighted by Gasteiger charge is -2.33. The molecule has 10 nitrogen and oxygen atoms in total. The van der Waals surface area contributed by atoms with Gasteiger partial charge in [0.15, 0.2) is 45.8 Å². The third-order valence-corrected chi connectivity index (χ3v) is 9.08. The van der Waals surface area contributed by atoms with Crippen LogP contribution in [-0.4, -0.2) is 60.7 Å². The van der Waals surface area contributed by atoms with E-state index in [-0.39, 0.29) is 0 Å². The Morgan fingerprint density at radius 1 is 0.787 bits per heavy atom. The molecule has 0 N–H and O–H groups in total. The largest absolute Gasteiger partial charge is 0.494 e. The monoisotopic (exact) mass is 630 g/mol. The van der Waals surface area contributed by atoms with Gasteiger partial charge in [0.05, 0.1) is 41.0 Å². The van der Waals surface area contributed by atoms with Crippen LogP contribution in [-0.2, 0) is 40.9 Å². The van der Waals surface area contributed by atoms with E-state index in [1.54, 1.807) is 34.7 Å². The molecule has 0 radical (unpaired) electrons. The molecule has 0 saturated heterocycles. The summed E-state index contributed by atoms with van der Waals surface area (Å²) in [6.45, 7) is 2.02. The fourth-order valence-corrected chi connectivity index (χ4v) is 6.65. The van der Waals surface area contributed by atoms with Crippen molar-refractivity contribution in [1.29, 1.82) is 0 Å². The van der Waals surface area contributed by atoms with Crippen molar-refractivity contribution in [3.63, 3.8) is 0 Å². The minimum atomic E-state index is -0.994. The second-order valence-electron chi connectivity index (χ2n) is 11.8. The number of ether oxygens (including phenoxy) is 4. The molecule has 2 aliphatic rings. The maximum absolute atomic E-state index is 6.03. The Kier molecular flexibility index (Phi) is 8.24. The van der Waals surface area contributed by atoms with E-state index in [0.29, 0.717) is 48.2 Å². The number of aryl methyl sites for hydroxylation is 1. The molecular weight excluding hydrogens is 592 g/mol. The second-order valence-corrected chi connectivity index (χ2v) is 11.8. The average Bonchev–Trinajstić information content (AvgIpc) is 3.71. The van der Waals surface area contributed by atoms with Crippen LogP contribution in [0.5, 0.6) is 11.5 Å². The highest BCUT2D eigenvalue weighted by atomic mass is 16.5. The van der Waals surface area contributed by atoms with Crippen molar-refractivity contribution in [2.45, 2.75) is 37.9 Å². The van der Waals surface area contributed by atoms with Crippen molar-refractivity contribution in [2.24, 2.45) is 4.99 Å². The Morgan fingerprint density at radius 3 is 2.17 bits per heavy atom. The summed E-state index contributed by atoms with van der Waals surface area (Å²) in [4.78, 5) is 22.7. The molecule has 1 unspecified atom stereocenters. The third-order valence-electron chi connectivity index (χ3n) is 9.08. The number of benzene rings is 3. The summed E-state index contributed by atoms with van der Waals surface area (Å²) in [6.07, 6.45) is 5.71. The molecule has 7 rings (SSSR count). The summed E-state index contributed by atoms with van der Waals surface area (Å²) < 4.78 is 25.2. The van der Waals surface area contributed by atoms with Crippen LogP contribution in [0.4, 0.5) is 5.82 Å². The molecule has 47 heavy (non-hydrogen) atoms. The maximum Gasteiger partial charge on any atom is 0.183 e. The van der Waals surface area contributed by atoms with E-state index in [4.69, 9.17) is 38.9 Å². The lowest BCUT2D eigenvalue weighted by atomic mass is 9.89. The number of rotatable bonds is 11. The van der Waals surface area contributed by atoms with Crippen LogP contribution in [0, 0.1) is 0 Å². The SMILES string of the molecule is COC1=C(OC)C(CCc2ccccc2)(c2nc(N3CCc4cc(OC)c(OC)cc4C3)c3c(ncn3Cc3ccccc3)n2)N=C1.